The Kier molecular flexibility index (Phi) is 4.54. The largest absolute Gasteiger partial charge is 0.373 e. The summed E-state index contributed by atoms with van der Waals surface area (Å²) in [6, 6.07) is 4.76. The molecule has 0 bridgehead atoms. The SMILES string of the molecule is CNc1ncnc(Nc2ccc(F)c(Br)c2)c1C(C)C. The monoisotopic (exact) mass is 338 g/mol. The van der Waals surface area contributed by atoms with Crippen molar-refractivity contribution in [3.63, 3.8) is 0 Å². The molecule has 0 amide bonds. The van der Waals surface area contributed by atoms with E-state index in [1.165, 1.54) is 12.4 Å². The first-order chi connectivity index (χ1) is 9.52. The van der Waals surface area contributed by atoms with Gasteiger partial charge in [0.05, 0.1) is 4.47 Å². The van der Waals surface area contributed by atoms with Gasteiger partial charge < -0.3 is 10.6 Å². The Morgan fingerprint density at radius 1 is 1.20 bits per heavy atom. The van der Waals surface area contributed by atoms with Crippen LogP contribution in [0.4, 0.5) is 21.7 Å². The van der Waals surface area contributed by atoms with E-state index in [9.17, 15) is 4.39 Å². The number of halogens is 2. The van der Waals surface area contributed by atoms with Crippen LogP contribution in [0, 0.1) is 5.82 Å². The zero-order valence-corrected chi connectivity index (χ0v) is 13.1. The number of hydrogen-bond acceptors (Lipinski definition) is 4. The number of hydrogen-bond donors (Lipinski definition) is 2. The molecule has 20 heavy (non-hydrogen) atoms. The van der Waals surface area contributed by atoms with Gasteiger partial charge in [-0.05, 0) is 40.0 Å². The minimum absolute atomic E-state index is 0.255. The smallest absolute Gasteiger partial charge is 0.139 e. The van der Waals surface area contributed by atoms with E-state index in [1.807, 2.05) is 7.05 Å². The highest BCUT2D eigenvalue weighted by molar-refractivity contribution is 9.10. The molecule has 4 nitrogen and oxygen atoms in total. The first-order valence-electron chi connectivity index (χ1n) is 6.27. The predicted octanol–water partition coefficient (Wildman–Crippen LogP) is 4.29. The lowest BCUT2D eigenvalue weighted by atomic mass is 10.0. The van der Waals surface area contributed by atoms with Crippen molar-refractivity contribution in [2.45, 2.75) is 19.8 Å². The van der Waals surface area contributed by atoms with E-state index >= 15 is 0 Å². The van der Waals surface area contributed by atoms with E-state index in [0.29, 0.717) is 4.47 Å². The molecule has 0 saturated carbocycles. The van der Waals surface area contributed by atoms with E-state index < -0.39 is 0 Å². The Labute approximate surface area is 126 Å². The molecule has 0 radical (unpaired) electrons. The summed E-state index contributed by atoms with van der Waals surface area (Å²) >= 11 is 3.17. The first kappa shape index (κ1) is 14.7. The van der Waals surface area contributed by atoms with Crippen molar-refractivity contribution in [1.82, 2.24) is 9.97 Å². The Bertz CT molecular complexity index is 616. The highest BCUT2D eigenvalue weighted by Gasteiger charge is 2.14. The molecule has 0 fully saturated rings. The fourth-order valence-electron chi connectivity index (χ4n) is 1.95. The molecule has 1 heterocycles. The lowest BCUT2D eigenvalue weighted by Gasteiger charge is -2.16. The molecule has 2 aromatic rings. The zero-order valence-electron chi connectivity index (χ0n) is 11.5. The van der Waals surface area contributed by atoms with Crippen LogP contribution in [0.3, 0.4) is 0 Å². The fraction of sp³-hybridized carbons (Fsp3) is 0.286. The Morgan fingerprint density at radius 2 is 1.90 bits per heavy atom. The summed E-state index contributed by atoms with van der Waals surface area (Å²) < 4.78 is 13.7. The molecule has 6 heteroatoms. The predicted molar refractivity (Wildman–Crippen MR) is 83.1 cm³/mol. The molecule has 0 spiro atoms. The van der Waals surface area contributed by atoms with Gasteiger partial charge in [0.15, 0.2) is 0 Å². The fourth-order valence-corrected chi connectivity index (χ4v) is 2.33. The van der Waals surface area contributed by atoms with Gasteiger partial charge in [0.1, 0.15) is 23.8 Å². The van der Waals surface area contributed by atoms with E-state index in [0.717, 1.165) is 22.9 Å². The summed E-state index contributed by atoms with van der Waals surface area (Å²) in [5, 5.41) is 6.27. The molecule has 2 rings (SSSR count). The van der Waals surface area contributed by atoms with Crippen LogP contribution in [0.2, 0.25) is 0 Å². The van der Waals surface area contributed by atoms with Gasteiger partial charge in [-0.15, -0.1) is 0 Å². The second-order valence-corrected chi connectivity index (χ2v) is 5.50. The van der Waals surface area contributed by atoms with Gasteiger partial charge in [-0.25, -0.2) is 14.4 Å². The lowest BCUT2D eigenvalue weighted by molar-refractivity contribution is 0.621. The maximum Gasteiger partial charge on any atom is 0.139 e. The number of nitrogens with one attached hydrogen (secondary N) is 2. The normalized spacial score (nSPS) is 10.7. The Balaban J connectivity index is 2.40. The van der Waals surface area contributed by atoms with Crippen LogP contribution < -0.4 is 10.6 Å². The van der Waals surface area contributed by atoms with Crippen molar-refractivity contribution >= 4 is 33.3 Å². The van der Waals surface area contributed by atoms with E-state index in [-0.39, 0.29) is 11.7 Å². The van der Waals surface area contributed by atoms with E-state index in [1.54, 1.807) is 12.1 Å². The van der Waals surface area contributed by atoms with Gasteiger partial charge in [-0.3, -0.25) is 0 Å². The molecule has 0 saturated heterocycles. The molecule has 0 atom stereocenters. The number of nitrogens with zero attached hydrogens (tertiary/aromatic N) is 2. The quantitative estimate of drug-likeness (QED) is 0.873. The standard InChI is InChI=1S/C14H16BrFN4/c1-8(2)12-13(17-3)18-7-19-14(12)20-9-4-5-11(16)10(15)6-9/h4-8H,1-3H3,(H2,17,18,19,20). The maximum atomic E-state index is 13.3. The third-order valence-corrected chi connectivity index (χ3v) is 3.49. The first-order valence-corrected chi connectivity index (χ1v) is 7.07. The molecule has 1 aromatic carbocycles. The summed E-state index contributed by atoms with van der Waals surface area (Å²) in [6.07, 6.45) is 1.50. The lowest BCUT2D eigenvalue weighted by Crippen LogP contribution is -2.07. The van der Waals surface area contributed by atoms with Gasteiger partial charge in [-0.1, -0.05) is 13.8 Å². The van der Waals surface area contributed by atoms with Crippen LogP contribution in [0.15, 0.2) is 29.0 Å². The number of rotatable bonds is 4. The van der Waals surface area contributed by atoms with Crippen molar-refractivity contribution in [2.75, 3.05) is 17.7 Å². The van der Waals surface area contributed by atoms with Gasteiger partial charge in [0.25, 0.3) is 0 Å². The average Bonchev–Trinajstić information content (AvgIpc) is 2.42. The van der Waals surface area contributed by atoms with Gasteiger partial charge in [-0.2, -0.15) is 0 Å². The minimum Gasteiger partial charge on any atom is -0.373 e. The van der Waals surface area contributed by atoms with Crippen LogP contribution in [-0.2, 0) is 0 Å². The topological polar surface area (TPSA) is 49.8 Å². The molecule has 2 N–H and O–H groups in total. The minimum atomic E-state index is -0.293. The number of anilines is 3. The molecular formula is C14H16BrFN4. The maximum absolute atomic E-state index is 13.3. The van der Waals surface area contributed by atoms with Gasteiger partial charge in [0.2, 0.25) is 0 Å². The summed E-state index contributed by atoms with van der Waals surface area (Å²) in [7, 11) is 1.83. The molecule has 0 unspecified atom stereocenters. The van der Waals surface area contributed by atoms with Crippen LogP contribution in [0.5, 0.6) is 0 Å². The third kappa shape index (κ3) is 3.07. The van der Waals surface area contributed by atoms with Crippen molar-refractivity contribution < 1.29 is 4.39 Å². The van der Waals surface area contributed by atoms with E-state index in [4.69, 9.17) is 0 Å². The Hall–Kier alpha value is -1.69. The second-order valence-electron chi connectivity index (χ2n) is 4.64. The summed E-state index contributed by atoms with van der Waals surface area (Å²) in [6.45, 7) is 4.15. The van der Waals surface area contributed by atoms with Crippen LogP contribution in [-0.4, -0.2) is 17.0 Å². The van der Waals surface area contributed by atoms with E-state index in [2.05, 4.69) is 50.4 Å². The van der Waals surface area contributed by atoms with Crippen LogP contribution >= 0.6 is 15.9 Å². The molecule has 106 valence electrons. The summed E-state index contributed by atoms with van der Waals surface area (Å²) in [4.78, 5) is 8.51. The van der Waals surface area contributed by atoms with Crippen LogP contribution in [0.25, 0.3) is 0 Å². The van der Waals surface area contributed by atoms with Crippen molar-refractivity contribution in [2.24, 2.45) is 0 Å². The van der Waals surface area contributed by atoms with Crippen LogP contribution in [0.1, 0.15) is 25.3 Å². The molecule has 0 aliphatic carbocycles. The molecule has 0 aliphatic heterocycles. The van der Waals surface area contributed by atoms with Gasteiger partial charge in [0, 0.05) is 18.3 Å². The zero-order chi connectivity index (χ0) is 14.7. The molecule has 0 aliphatic rings. The summed E-state index contributed by atoms with van der Waals surface area (Å²) in [5.41, 5.74) is 1.76. The highest BCUT2D eigenvalue weighted by Crippen LogP contribution is 2.31. The summed E-state index contributed by atoms with van der Waals surface area (Å²) in [5.74, 6) is 1.47. The third-order valence-electron chi connectivity index (χ3n) is 2.88. The number of aromatic nitrogens is 2. The Morgan fingerprint density at radius 3 is 2.50 bits per heavy atom. The van der Waals surface area contributed by atoms with Crippen molar-refractivity contribution in [3.8, 4) is 0 Å². The highest BCUT2D eigenvalue weighted by atomic mass is 79.9. The molecule has 1 aromatic heterocycles. The average molecular weight is 339 g/mol. The van der Waals surface area contributed by atoms with Crippen molar-refractivity contribution in [1.29, 1.82) is 0 Å². The second kappa shape index (κ2) is 6.17. The van der Waals surface area contributed by atoms with Gasteiger partial charge >= 0.3 is 0 Å². The number of benzene rings is 1. The van der Waals surface area contributed by atoms with Crippen molar-refractivity contribution in [3.05, 3.63) is 40.4 Å². The molecular weight excluding hydrogens is 323 g/mol.